The van der Waals surface area contributed by atoms with E-state index < -0.39 is 0 Å². The van der Waals surface area contributed by atoms with Crippen molar-refractivity contribution in [2.75, 3.05) is 12.8 Å². The van der Waals surface area contributed by atoms with Crippen LogP contribution in [0.1, 0.15) is 28.9 Å². The highest BCUT2D eigenvalue weighted by Gasteiger charge is 2.31. The molecule has 2 heterocycles. The van der Waals surface area contributed by atoms with Crippen LogP contribution >= 0.6 is 34.7 Å². The average molecular weight is 422 g/mol. The van der Waals surface area contributed by atoms with Crippen LogP contribution in [0.2, 0.25) is 5.02 Å². The van der Waals surface area contributed by atoms with Gasteiger partial charge in [-0.1, -0.05) is 17.7 Å². The maximum absolute atomic E-state index is 12.9. The molecule has 0 saturated carbocycles. The van der Waals surface area contributed by atoms with E-state index in [1.807, 2.05) is 18.4 Å². The molecular weight excluding hydrogens is 402 g/mol. The van der Waals surface area contributed by atoms with E-state index in [1.165, 1.54) is 11.3 Å². The molecule has 6 nitrogen and oxygen atoms in total. The second kappa shape index (κ2) is 9.34. The maximum atomic E-state index is 12.9. The van der Waals surface area contributed by atoms with Gasteiger partial charge in [-0.25, -0.2) is 0 Å². The lowest BCUT2D eigenvalue weighted by molar-refractivity contribution is 0.0684. The van der Waals surface area contributed by atoms with Gasteiger partial charge in [0, 0.05) is 11.6 Å². The molecule has 1 aliphatic rings. The minimum atomic E-state index is -0.260. The van der Waals surface area contributed by atoms with Gasteiger partial charge < -0.3 is 10.6 Å². The summed E-state index contributed by atoms with van der Waals surface area (Å²) in [5.41, 5.74) is 6.75. The zero-order valence-corrected chi connectivity index (χ0v) is 17.2. The smallest absolute Gasteiger partial charge is 0.264 e. The van der Waals surface area contributed by atoms with Crippen molar-refractivity contribution in [1.29, 1.82) is 0 Å². The molecule has 0 radical (unpaired) electrons. The molecule has 1 aliphatic heterocycles. The summed E-state index contributed by atoms with van der Waals surface area (Å²) in [6, 6.07) is 10.6. The van der Waals surface area contributed by atoms with Crippen molar-refractivity contribution in [2.24, 2.45) is 21.2 Å². The Morgan fingerprint density at radius 3 is 2.93 bits per heavy atom. The van der Waals surface area contributed by atoms with E-state index in [-0.39, 0.29) is 11.9 Å². The van der Waals surface area contributed by atoms with Crippen molar-refractivity contribution in [1.82, 2.24) is 4.90 Å². The molecule has 1 fully saturated rings. The number of carbonyl (C=O) groups excluding carboxylic acids is 1. The first-order valence-corrected chi connectivity index (χ1v) is 10.9. The van der Waals surface area contributed by atoms with E-state index in [0.29, 0.717) is 23.1 Å². The predicted molar refractivity (Wildman–Crippen MR) is 112 cm³/mol. The number of hydrogen-bond acceptors (Lipinski definition) is 5. The predicted octanol–water partition coefficient (Wildman–Crippen LogP) is 5.17. The van der Waals surface area contributed by atoms with Crippen LogP contribution in [0.5, 0.6) is 0 Å². The van der Waals surface area contributed by atoms with Crippen molar-refractivity contribution in [3.63, 3.8) is 0 Å². The first-order valence-electron chi connectivity index (χ1n) is 8.53. The summed E-state index contributed by atoms with van der Waals surface area (Å²) >= 11 is 9.06. The number of hydrogen-bond donors (Lipinski definition) is 1. The van der Waals surface area contributed by atoms with Crippen LogP contribution in [0, 0.1) is 0 Å². The Bertz CT molecular complexity index is 867. The van der Waals surface area contributed by atoms with Gasteiger partial charge in [0.25, 0.3) is 5.91 Å². The lowest BCUT2D eigenvalue weighted by Gasteiger charge is -2.34. The minimum Gasteiger partial charge on any atom is -0.384 e. The fourth-order valence-corrected chi connectivity index (χ4v) is 4.58. The summed E-state index contributed by atoms with van der Waals surface area (Å²) in [5.74, 6) is 0.297. The van der Waals surface area contributed by atoms with Crippen LogP contribution in [-0.2, 0) is 0 Å². The highest BCUT2D eigenvalue weighted by molar-refractivity contribution is 8.00. The number of amidine groups is 1. The number of halogens is 1. The van der Waals surface area contributed by atoms with Gasteiger partial charge in [0.2, 0.25) is 0 Å². The van der Waals surface area contributed by atoms with Crippen LogP contribution in [-0.4, -0.2) is 35.5 Å². The van der Waals surface area contributed by atoms with Crippen molar-refractivity contribution in [3.05, 3.63) is 46.3 Å². The number of amides is 1. The third-order valence-corrected chi connectivity index (χ3v) is 6.62. The number of nitrogens with two attached hydrogens (primary N) is 1. The zero-order chi connectivity index (χ0) is 19.2. The molecule has 1 aromatic carbocycles. The van der Waals surface area contributed by atoms with Crippen LogP contribution < -0.4 is 5.73 Å². The molecule has 27 heavy (non-hydrogen) atoms. The number of carbonyl (C=O) groups is 1. The number of rotatable bonds is 5. The van der Waals surface area contributed by atoms with Crippen LogP contribution in [0.3, 0.4) is 0 Å². The van der Waals surface area contributed by atoms with E-state index in [1.54, 1.807) is 40.9 Å². The Labute approximate surface area is 171 Å². The summed E-state index contributed by atoms with van der Waals surface area (Å²) in [7, 11) is 0. The summed E-state index contributed by atoms with van der Waals surface area (Å²) in [6.07, 6.45) is 4.73. The number of nitrogens with zero attached hydrogens (tertiary/aromatic N) is 4. The highest BCUT2D eigenvalue weighted by Crippen LogP contribution is 2.28. The second-order valence-electron chi connectivity index (χ2n) is 6.03. The molecule has 0 bridgehead atoms. The van der Waals surface area contributed by atoms with Gasteiger partial charge in [0.1, 0.15) is 5.84 Å². The molecular formula is C18H20ClN5OS2. The molecule has 3 rings (SSSR count). The number of thiophene rings is 1. The fourth-order valence-electron chi connectivity index (χ4n) is 2.90. The quantitative estimate of drug-likeness (QED) is 0.237. The SMILES string of the molecule is CSc1ccc(C(=O)N2CCCCC2C(N)=NN=Nc2cccc(Cl)c2)s1. The van der Waals surface area contributed by atoms with Crippen molar-refractivity contribution in [2.45, 2.75) is 29.5 Å². The Kier molecular flexibility index (Phi) is 6.87. The van der Waals surface area contributed by atoms with Gasteiger partial charge in [-0.05, 0) is 61.1 Å². The Morgan fingerprint density at radius 2 is 2.19 bits per heavy atom. The van der Waals surface area contributed by atoms with E-state index in [4.69, 9.17) is 17.3 Å². The fraction of sp³-hybridized carbons (Fsp3) is 0.333. The van der Waals surface area contributed by atoms with E-state index in [0.717, 1.165) is 28.3 Å². The average Bonchev–Trinajstić information content (AvgIpc) is 3.17. The van der Waals surface area contributed by atoms with E-state index >= 15 is 0 Å². The molecule has 1 atom stereocenters. The van der Waals surface area contributed by atoms with Crippen molar-refractivity contribution >= 4 is 52.1 Å². The maximum Gasteiger partial charge on any atom is 0.264 e. The lowest BCUT2D eigenvalue weighted by Crippen LogP contribution is -2.50. The van der Waals surface area contributed by atoms with Crippen LogP contribution in [0.15, 0.2) is 56.0 Å². The Balaban J connectivity index is 1.74. The minimum absolute atomic E-state index is 0.00469. The third-order valence-electron chi connectivity index (χ3n) is 4.23. The third kappa shape index (κ3) is 5.09. The van der Waals surface area contributed by atoms with E-state index in [2.05, 4.69) is 15.4 Å². The second-order valence-corrected chi connectivity index (χ2v) is 8.65. The van der Waals surface area contributed by atoms with Crippen molar-refractivity contribution in [3.8, 4) is 0 Å². The van der Waals surface area contributed by atoms with Gasteiger partial charge in [-0.3, -0.25) is 4.79 Å². The first kappa shape index (κ1) is 19.9. The highest BCUT2D eigenvalue weighted by atomic mass is 35.5. The molecule has 0 aliphatic carbocycles. The van der Waals surface area contributed by atoms with Gasteiger partial charge in [-0.15, -0.1) is 33.3 Å². The topological polar surface area (TPSA) is 83.4 Å². The largest absolute Gasteiger partial charge is 0.384 e. The Morgan fingerprint density at radius 1 is 1.33 bits per heavy atom. The molecule has 1 unspecified atom stereocenters. The molecule has 0 spiro atoms. The normalized spacial score (nSPS) is 18.2. The molecule has 142 valence electrons. The molecule has 9 heteroatoms. The van der Waals surface area contributed by atoms with E-state index in [9.17, 15) is 4.79 Å². The summed E-state index contributed by atoms with van der Waals surface area (Å²) in [4.78, 5) is 15.4. The number of likely N-dealkylation sites (tertiary alicyclic amines) is 1. The molecule has 1 aromatic heterocycles. The van der Waals surface area contributed by atoms with Crippen LogP contribution in [0.4, 0.5) is 5.69 Å². The molecule has 2 aromatic rings. The zero-order valence-electron chi connectivity index (χ0n) is 14.8. The number of piperidine rings is 1. The first-order chi connectivity index (χ1) is 13.1. The van der Waals surface area contributed by atoms with Gasteiger partial charge in [-0.2, -0.15) is 0 Å². The molecule has 2 N–H and O–H groups in total. The summed E-state index contributed by atoms with van der Waals surface area (Å²) in [5, 5.41) is 12.5. The van der Waals surface area contributed by atoms with Gasteiger partial charge >= 0.3 is 0 Å². The van der Waals surface area contributed by atoms with Crippen molar-refractivity contribution < 1.29 is 4.79 Å². The standard InChI is InChI=1S/C18H20ClN5OS2/c1-26-16-9-8-15(27-16)18(25)24-10-3-2-7-14(24)17(20)22-23-21-13-6-4-5-12(19)11-13/h4-6,8-9,11,14H,2-3,7,10H2,1H3,(H2,20,21,22). The summed E-state index contributed by atoms with van der Waals surface area (Å²) in [6.45, 7) is 0.664. The monoisotopic (exact) mass is 421 g/mol. The van der Waals surface area contributed by atoms with Gasteiger partial charge in [0.05, 0.1) is 20.8 Å². The number of thioether (sulfide) groups is 1. The molecule has 1 saturated heterocycles. The lowest BCUT2D eigenvalue weighted by atomic mass is 10.0. The van der Waals surface area contributed by atoms with Gasteiger partial charge in [0.15, 0.2) is 0 Å². The number of benzene rings is 1. The van der Waals surface area contributed by atoms with Crippen LogP contribution in [0.25, 0.3) is 0 Å². The molecule has 1 amide bonds. The summed E-state index contributed by atoms with van der Waals surface area (Å²) < 4.78 is 1.11. The Hall–Kier alpha value is -1.90.